The third-order valence-electron chi connectivity index (χ3n) is 6.33. The predicted molar refractivity (Wildman–Crippen MR) is 131 cm³/mol. The summed E-state index contributed by atoms with van der Waals surface area (Å²) in [6.07, 6.45) is -4.79. The minimum Gasteiger partial charge on any atom is -0.379 e. The molecule has 0 spiro atoms. The Morgan fingerprint density at radius 2 is 1.75 bits per heavy atom. The summed E-state index contributed by atoms with van der Waals surface area (Å²) in [4.78, 5) is 16.0. The molecule has 0 aliphatic carbocycles. The third kappa shape index (κ3) is 6.78. The van der Waals surface area contributed by atoms with Crippen LogP contribution >= 0.6 is 0 Å². The highest BCUT2D eigenvalue weighted by molar-refractivity contribution is 5.76. The van der Waals surface area contributed by atoms with Gasteiger partial charge in [0.1, 0.15) is 0 Å². The molecular weight excluding hydrogens is 471 g/mol. The molecule has 2 fully saturated rings. The first-order valence-corrected chi connectivity index (χ1v) is 12.3. The average Bonchev–Trinajstić information content (AvgIpc) is 2.77. The lowest BCUT2D eigenvalue weighted by Gasteiger charge is -2.40. The number of amides is 2. The van der Waals surface area contributed by atoms with E-state index in [0.717, 1.165) is 24.2 Å². The Kier molecular flexibility index (Phi) is 7.92. The Balaban J connectivity index is 1.45. The van der Waals surface area contributed by atoms with E-state index in [9.17, 15) is 18.0 Å². The van der Waals surface area contributed by atoms with Crippen molar-refractivity contribution < 1.29 is 27.4 Å². The van der Waals surface area contributed by atoms with Crippen LogP contribution in [-0.2, 0) is 28.8 Å². The van der Waals surface area contributed by atoms with Crippen LogP contribution in [0.1, 0.15) is 37.5 Å². The molecule has 6 nitrogen and oxygen atoms in total. The second-order valence-corrected chi connectivity index (χ2v) is 10.4. The van der Waals surface area contributed by atoms with E-state index >= 15 is 0 Å². The zero-order valence-corrected chi connectivity index (χ0v) is 21.0. The maximum atomic E-state index is 14.0. The minimum absolute atomic E-state index is 0.0921. The van der Waals surface area contributed by atoms with Gasteiger partial charge in [-0.15, -0.1) is 0 Å². The molecule has 2 saturated heterocycles. The number of nitrogens with zero attached hydrogens (tertiary/aromatic N) is 2. The maximum Gasteiger partial charge on any atom is 0.416 e. The van der Waals surface area contributed by atoms with Gasteiger partial charge in [0.15, 0.2) is 0 Å². The fourth-order valence-electron chi connectivity index (χ4n) is 4.39. The molecule has 36 heavy (non-hydrogen) atoms. The smallest absolute Gasteiger partial charge is 0.379 e. The summed E-state index contributed by atoms with van der Waals surface area (Å²) in [7, 11) is 0. The molecule has 2 heterocycles. The first-order valence-electron chi connectivity index (χ1n) is 12.3. The Hall–Kier alpha value is -2.62. The summed E-state index contributed by atoms with van der Waals surface area (Å²) in [5, 5.41) is 2.87. The molecule has 0 atom stereocenters. The number of nitrogens with one attached hydrogen (secondary N) is 1. The van der Waals surface area contributed by atoms with E-state index in [-0.39, 0.29) is 29.8 Å². The first kappa shape index (κ1) is 26.4. The normalized spacial score (nSPS) is 17.7. The number of carbonyl (C=O) groups is 1. The van der Waals surface area contributed by atoms with Crippen molar-refractivity contribution >= 4 is 6.03 Å². The van der Waals surface area contributed by atoms with E-state index in [1.54, 1.807) is 11.0 Å². The van der Waals surface area contributed by atoms with E-state index in [1.807, 2.05) is 45.0 Å². The number of likely N-dealkylation sites (tertiary alicyclic amines) is 1. The molecule has 2 amide bonds. The average molecular weight is 506 g/mol. The minimum atomic E-state index is -4.51. The summed E-state index contributed by atoms with van der Waals surface area (Å²) < 4.78 is 53.2. The lowest BCUT2D eigenvalue weighted by molar-refractivity contribution is -0.139. The van der Waals surface area contributed by atoms with Gasteiger partial charge in [-0.25, -0.2) is 4.79 Å². The van der Waals surface area contributed by atoms with E-state index in [4.69, 9.17) is 9.47 Å². The van der Waals surface area contributed by atoms with Gasteiger partial charge >= 0.3 is 12.2 Å². The molecule has 2 aliphatic rings. The van der Waals surface area contributed by atoms with Crippen LogP contribution in [0.2, 0.25) is 0 Å². The molecular formula is C27H34F3N3O3. The van der Waals surface area contributed by atoms with Crippen molar-refractivity contribution in [2.75, 3.05) is 39.4 Å². The molecule has 9 heteroatoms. The SMILES string of the molecule is CC(C)(C)NC(=O)N1CC(OCc2ccc(-c3ccccc3CN3CCOCC3)cc2C(F)(F)F)C1. The molecule has 4 rings (SSSR count). The third-order valence-corrected chi connectivity index (χ3v) is 6.33. The lowest BCUT2D eigenvalue weighted by Crippen LogP contribution is -2.60. The lowest BCUT2D eigenvalue weighted by atomic mass is 9.95. The predicted octanol–water partition coefficient (Wildman–Crippen LogP) is 4.91. The van der Waals surface area contributed by atoms with Gasteiger partial charge < -0.3 is 19.7 Å². The fourth-order valence-corrected chi connectivity index (χ4v) is 4.39. The van der Waals surface area contributed by atoms with Gasteiger partial charge in [0.2, 0.25) is 0 Å². The Labute approximate surface area is 210 Å². The highest BCUT2D eigenvalue weighted by Gasteiger charge is 2.36. The highest BCUT2D eigenvalue weighted by atomic mass is 19.4. The van der Waals surface area contributed by atoms with Gasteiger partial charge in [0.05, 0.1) is 44.6 Å². The van der Waals surface area contributed by atoms with Crippen molar-refractivity contribution in [3.8, 4) is 11.1 Å². The monoisotopic (exact) mass is 505 g/mol. The second-order valence-electron chi connectivity index (χ2n) is 10.4. The van der Waals surface area contributed by atoms with E-state index in [1.165, 1.54) is 12.1 Å². The highest BCUT2D eigenvalue weighted by Crippen LogP contribution is 2.36. The summed E-state index contributed by atoms with van der Waals surface area (Å²) in [5.41, 5.74) is 1.36. The zero-order valence-electron chi connectivity index (χ0n) is 21.0. The standard InChI is InChI=1S/C27H34F3N3O3/c1-26(2,3)31-25(34)33-16-22(17-33)36-18-21-9-8-19(14-24(21)27(28,29)30)23-7-5-4-6-20(23)15-32-10-12-35-13-11-32/h4-9,14,22H,10-13,15-18H2,1-3H3,(H,31,34). The van der Waals surface area contributed by atoms with Crippen molar-refractivity contribution in [2.45, 2.75) is 51.7 Å². The molecule has 1 N–H and O–H groups in total. The van der Waals surface area contributed by atoms with Crippen molar-refractivity contribution in [3.05, 3.63) is 59.2 Å². The van der Waals surface area contributed by atoms with Crippen LogP contribution in [0.3, 0.4) is 0 Å². The largest absolute Gasteiger partial charge is 0.416 e. The van der Waals surface area contributed by atoms with Gasteiger partial charge in [0.25, 0.3) is 0 Å². The number of carbonyl (C=O) groups excluding carboxylic acids is 1. The van der Waals surface area contributed by atoms with Crippen LogP contribution < -0.4 is 5.32 Å². The number of benzene rings is 2. The van der Waals surface area contributed by atoms with Crippen LogP contribution in [0.25, 0.3) is 11.1 Å². The van der Waals surface area contributed by atoms with Gasteiger partial charge in [-0.1, -0.05) is 36.4 Å². The number of hydrogen-bond donors (Lipinski definition) is 1. The molecule has 0 bridgehead atoms. The topological polar surface area (TPSA) is 54.0 Å². The van der Waals surface area contributed by atoms with Gasteiger partial charge in [-0.05, 0) is 49.1 Å². The molecule has 2 aromatic rings. The van der Waals surface area contributed by atoms with E-state index < -0.39 is 11.7 Å². The summed E-state index contributed by atoms with van der Waals surface area (Å²) in [6.45, 7) is 9.81. The summed E-state index contributed by atoms with van der Waals surface area (Å²) in [6, 6.07) is 11.9. The fraction of sp³-hybridized carbons (Fsp3) is 0.519. The summed E-state index contributed by atoms with van der Waals surface area (Å²) in [5.74, 6) is 0. The molecule has 0 aromatic heterocycles. The number of urea groups is 1. The molecule has 0 saturated carbocycles. The maximum absolute atomic E-state index is 14.0. The van der Waals surface area contributed by atoms with Crippen LogP contribution in [-0.4, -0.2) is 66.9 Å². The van der Waals surface area contributed by atoms with Crippen LogP contribution in [0.5, 0.6) is 0 Å². The molecule has 196 valence electrons. The van der Waals surface area contributed by atoms with Crippen LogP contribution in [0.15, 0.2) is 42.5 Å². The molecule has 0 unspecified atom stereocenters. The van der Waals surface area contributed by atoms with Crippen molar-refractivity contribution in [1.29, 1.82) is 0 Å². The number of ether oxygens (including phenoxy) is 2. The van der Waals surface area contributed by atoms with Crippen molar-refractivity contribution in [1.82, 2.24) is 15.1 Å². The number of rotatable bonds is 6. The number of morpholine rings is 1. The van der Waals surface area contributed by atoms with Gasteiger partial charge in [-0.3, -0.25) is 4.90 Å². The quantitative estimate of drug-likeness (QED) is 0.606. The Morgan fingerprint density at radius 1 is 1.06 bits per heavy atom. The van der Waals surface area contributed by atoms with Crippen LogP contribution in [0, 0.1) is 0 Å². The number of alkyl halides is 3. The number of halogens is 3. The van der Waals surface area contributed by atoms with Crippen LogP contribution in [0.4, 0.5) is 18.0 Å². The Morgan fingerprint density at radius 3 is 2.42 bits per heavy atom. The number of hydrogen-bond acceptors (Lipinski definition) is 4. The first-order chi connectivity index (χ1) is 17.0. The van der Waals surface area contributed by atoms with Crippen molar-refractivity contribution in [2.24, 2.45) is 0 Å². The Bertz CT molecular complexity index is 1060. The van der Waals surface area contributed by atoms with Gasteiger partial charge in [0, 0.05) is 25.2 Å². The second kappa shape index (κ2) is 10.8. The zero-order chi connectivity index (χ0) is 25.9. The van der Waals surface area contributed by atoms with Gasteiger partial charge in [-0.2, -0.15) is 13.2 Å². The molecule has 2 aliphatic heterocycles. The van der Waals surface area contributed by atoms with Crippen molar-refractivity contribution in [3.63, 3.8) is 0 Å². The molecule has 2 aromatic carbocycles. The van der Waals surface area contributed by atoms with E-state index in [2.05, 4.69) is 10.2 Å². The van der Waals surface area contributed by atoms with E-state index in [0.29, 0.717) is 38.4 Å². The summed E-state index contributed by atoms with van der Waals surface area (Å²) >= 11 is 0. The molecule has 0 radical (unpaired) electrons.